The van der Waals surface area contributed by atoms with Crippen LogP contribution in [0, 0.1) is 13.8 Å². The van der Waals surface area contributed by atoms with Crippen molar-refractivity contribution >= 4 is 17.6 Å². The van der Waals surface area contributed by atoms with E-state index in [0.29, 0.717) is 5.75 Å². The second kappa shape index (κ2) is 9.15. The number of Topliss-reactive ketones (excluding diaryl/α,β-unsaturated/α-hetero) is 1. The third kappa shape index (κ3) is 5.03. The van der Waals surface area contributed by atoms with Gasteiger partial charge in [-0.3, -0.25) is 25.2 Å². The zero-order chi connectivity index (χ0) is 24.3. The lowest BCUT2D eigenvalue weighted by molar-refractivity contribution is -0.137. The summed E-state index contributed by atoms with van der Waals surface area (Å²) in [6.07, 6.45) is -4.55. The number of halogens is 3. The SMILES string of the molecule is COc1ccc(C(=O)NNC(=O)C(=O)c2c(C)nn(-c3cccc(C(F)(F)F)c3)c2C)cc1. The van der Waals surface area contributed by atoms with E-state index >= 15 is 0 Å². The molecule has 3 aromatic rings. The van der Waals surface area contributed by atoms with Crippen molar-refractivity contribution in [3.63, 3.8) is 0 Å². The first-order chi connectivity index (χ1) is 15.5. The van der Waals surface area contributed by atoms with Crippen LogP contribution in [0.1, 0.15) is 37.7 Å². The summed E-state index contributed by atoms with van der Waals surface area (Å²) < 4.78 is 45.3. The fraction of sp³-hybridized carbons (Fsp3) is 0.182. The molecule has 11 heteroatoms. The van der Waals surface area contributed by atoms with Crippen LogP contribution in [-0.4, -0.2) is 34.5 Å². The van der Waals surface area contributed by atoms with Crippen molar-refractivity contribution in [3.05, 3.63) is 76.6 Å². The van der Waals surface area contributed by atoms with Crippen molar-refractivity contribution in [3.8, 4) is 11.4 Å². The number of benzene rings is 2. The zero-order valence-corrected chi connectivity index (χ0v) is 17.8. The second-order valence-electron chi connectivity index (χ2n) is 6.97. The molecule has 0 aliphatic heterocycles. The molecule has 0 spiro atoms. The molecule has 172 valence electrons. The minimum atomic E-state index is -4.55. The topological polar surface area (TPSA) is 102 Å². The van der Waals surface area contributed by atoms with Gasteiger partial charge in [-0.2, -0.15) is 18.3 Å². The molecule has 8 nitrogen and oxygen atoms in total. The van der Waals surface area contributed by atoms with E-state index in [1.54, 1.807) is 12.1 Å². The van der Waals surface area contributed by atoms with Gasteiger partial charge in [0.15, 0.2) is 0 Å². The average molecular weight is 460 g/mol. The Kier molecular flexibility index (Phi) is 6.52. The highest BCUT2D eigenvalue weighted by Crippen LogP contribution is 2.31. The molecule has 2 aromatic carbocycles. The van der Waals surface area contributed by atoms with Gasteiger partial charge in [-0.1, -0.05) is 6.07 Å². The number of carbonyl (C=O) groups excluding carboxylic acids is 3. The molecule has 0 saturated carbocycles. The summed E-state index contributed by atoms with van der Waals surface area (Å²) in [5.74, 6) is -2.26. The molecule has 2 N–H and O–H groups in total. The number of carbonyl (C=O) groups is 3. The third-order valence-corrected chi connectivity index (χ3v) is 4.78. The molecule has 0 aliphatic carbocycles. The number of alkyl halides is 3. The normalized spacial score (nSPS) is 11.1. The summed E-state index contributed by atoms with van der Waals surface area (Å²) in [6.45, 7) is 2.91. The molecule has 0 aliphatic rings. The summed E-state index contributed by atoms with van der Waals surface area (Å²) in [5, 5.41) is 4.12. The second-order valence-corrected chi connectivity index (χ2v) is 6.97. The number of rotatable bonds is 5. The molecule has 1 aromatic heterocycles. The number of methoxy groups -OCH3 is 1. The molecule has 0 unspecified atom stereocenters. The quantitative estimate of drug-likeness (QED) is 0.346. The van der Waals surface area contributed by atoms with E-state index in [2.05, 4.69) is 10.5 Å². The molecule has 0 bridgehead atoms. The summed E-state index contributed by atoms with van der Waals surface area (Å²) in [6, 6.07) is 10.5. The predicted molar refractivity (Wildman–Crippen MR) is 111 cm³/mol. The standard InChI is InChI=1S/C22H19F3N4O4/c1-12-18(13(2)29(28-12)16-6-4-5-15(11-16)22(23,24)25)19(30)21(32)27-26-20(31)14-7-9-17(33-3)10-8-14/h4-11H,1-3H3,(H,26,31)(H,27,32). The van der Waals surface area contributed by atoms with E-state index in [4.69, 9.17) is 4.74 Å². The molecule has 2 amide bonds. The summed E-state index contributed by atoms with van der Waals surface area (Å²) >= 11 is 0. The van der Waals surface area contributed by atoms with Gasteiger partial charge in [0.25, 0.3) is 11.7 Å². The van der Waals surface area contributed by atoms with Gasteiger partial charge < -0.3 is 4.74 Å². The van der Waals surface area contributed by atoms with Crippen LogP contribution in [-0.2, 0) is 11.0 Å². The van der Waals surface area contributed by atoms with Crippen LogP contribution in [0.4, 0.5) is 13.2 Å². The Morgan fingerprint density at radius 2 is 1.67 bits per heavy atom. The summed E-state index contributed by atoms with van der Waals surface area (Å²) in [5.41, 5.74) is 3.83. The lowest BCUT2D eigenvalue weighted by Gasteiger charge is -2.10. The smallest absolute Gasteiger partial charge is 0.416 e. The first kappa shape index (κ1) is 23.5. The largest absolute Gasteiger partial charge is 0.497 e. The van der Waals surface area contributed by atoms with Crippen LogP contribution in [0.25, 0.3) is 5.69 Å². The van der Waals surface area contributed by atoms with Crippen LogP contribution in [0.2, 0.25) is 0 Å². The van der Waals surface area contributed by atoms with Crippen LogP contribution in [0.15, 0.2) is 48.5 Å². The van der Waals surface area contributed by atoms with Gasteiger partial charge in [0.1, 0.15) is 5.75 Å². The number of ether oxygens (including phenoxy) is 1. The van der Waals surface area contributed by atoms with Crippen molar-refractivity contribution in [2.45, 2.75) is 20.0 Å². The lowest BCUT2D eigenvalue weighted by atomic mass is 10.1. The highest BCUT2D eigenvalue weighted by molar-refractivity contribution is 6.43. The number of hydrazine groups is 1. The Bertz CT molecular complexity index is 1220. The van der Waals surface area contributed by atoms with Crippen molar-refractivity contribution in [2.24, 2.45) is 0 Å². The van der Waals surface area contributed by atoms with E-state index in [9.17, 15) is 27.6 Å². The van der Waals surface area contributed by atoms with Gasteiger partial charge in [0.05, 0.1) is 35.3 Å². The molecule has 0 fully saturated rings. The van der Waals surface area contributed by atoms with E-state index < -0.39 is 29.3 Å². The fourth-order valence-electron chi connectivity index (χ4n) is 3.14. The minimum absolute atomic E-state index is 0.0800. The van der Waals surface area contributed by atoms with Crippen LogP contribution < -0.4 is 15.6 Å². The Morgan fingerprint density at radius 3 is 2.27 bits per heavy atom. The molecule has 0 radical (unpaired) electrons. The Hall–Kier alpha value is -4.15. The molecule has 0 saturated heterocycles. The number of nitrogens with one attached hydrogen (secondary N) is 2. The van der Waals surface area contributed by atoms with Gasteiger partial charge in [-0.15, -0.1) is 0 Å². The van der Waals surface area contributed by atoms with Crippen molar-refractivity contribution in [1.82, 2.24) is 20.6 Å². The monoisotopic (exact) mass is 460 g/mol. The fourth-order valence-corrected chi connectivity index (χ4v) is 3.14. The van der Waals surface area contributed by atoms with E-state index in [0.717, 1.165) is 16.8 Å². The molecular formula is C22H19F3N4O4. The highest BCUT2D eigenvalue weighted by atomic mass is 19.4. The van der Waals surface area contributed by atoms with Crippen LogP contribution in [0.3, 0.4) is 0 Å². The number of nitrogens with zero attached hydrogens (tertiary/aromatic N) is 2. The number of amides is 2. The van der Waals surface area contributed by atoms with Gasteiger partial charge in [0, 0.05) is 5.56 Å². The Balaban J connectivity index is 1.77. The van der Waals surface area contributed by atoms with Gasteiger partial charge in [-0.25, -0.2) is 4.68 Å². The van der Waals surface area contributed by atoms with Gasteiger partial charge in [0.2, 0.25) is 0 Å². The first-order valence-electron chi connectivity index (χ1n) is 9.56. The summed E-state index contributed by atoms with van der Waals surface area (Å²) in [7, 11) is 1.47. The Morgan fingerprint density at radius 1 is 1.00 bits per heavy atom. The highest BCUT2D eigenvalue weighted by Gasteiger charge is 2.31. The lowest BCUT2D eigenvalue weighted by Crippen LogP contribution is -2.45. The average Bonchev–Trinajstić information content (AvgIpc) is 3.10. The maximum atomic E-state index is 13.0. The van der Waals surface area contributed by atoms with Gasteiger partial charge >= 0.3 is 12.1 Å². The molecule has 33 heavy (non-hydrogen) atoms. The van der Waals surface area contributed by atoms with Crippen molar-refractivity contribution in [1.29, 1.82) is 0 Å². The maximum Gasteiger partial charge on any atom is 0.416 e. The van der Waals surface area contributed by atoms with E-state index in [-0.39, 0.29) is 28.2 Å². The van der Waals surface area contributed by atoms with Crippen molar-refractivity contribution < 1.29 is 32.3 Å². The van der Waals surface area contributed by atoms with Crippen LogP contribution >= 0.6 is 0 Å². The first-order valence-corrected chi connectivity index (χ1v) is 9.56. The third-order valence-electron chi connectivity index (χ3n) is 4.78. The summed E-state index contributed by atoms with van der Waals surface area (Å²) in [4.78, 5) is 37.2. The molecule has 0 atom stereocenters. The zero-order valence-electron chi connectivity index (χ0n) is 17.8. The molecule has 3 rings (SSSR count). The maximum absolute atomic E-state index is 13.0. The number of ketones is 1. The van der Waals surface area contributed by atoms with Crippen LogP contribution in [0.5, 0.6) is 5.75 Å². The predicted octanol–water partition coefficient (Wildman–Crippen LogP) is 3.16. The number of hydrogen-bond acceptors (Lipinski definition) is 5. The van der Waals surface area contributed by atoms with E-state index in [1.807, 2.05) is 5.43 Å². The minimum Gasteiger partial charge on any atom is -0.497 e. The van der Waals surface area contributed by atoms with Gasteiger partial charge in [-0.05, 0) is 56.3 Å². The number of aromatic nitrogens is 2. The molecule has 1 heterocycles. The van der Waals surface area contributed by atoms with Crippen molar-refractivity contribution in [2.75, 3.05) is 7.11 Å². The Labute approximate surface area is 186 Å². The molecular weight excluding hydrogens is 441 g/mol. The number of hydrogen-bond donors (Lipinski definition) is 2. The number of aryl methyl sites for hydroxylation is 1. The van der Waals surface area contributed by atoms with E-state index in [1.165, 1.54) is 45.2 Å².